The zero-order valence-electron chi connectivity index (χ0n) is 16.0. The van der Waals surface area contributed by atoms with Gasteiger partial charge < -0.3 is 9.64 Å². The van der Waals surface area contributed by atoms with Crippen LogP contribution in [0.25, 0.3) is 0 Å². The highest BCUT2D eigenvalue weighted by molar-refractivity contribution is 6.79. The van der Waals surface area contributed by atoms with Crippen molar-refractivity contribution in [2.24, 2.45) is 0 Å². The van der Waals surface area contributed by atoms with Crippen LogP contribution in [0.1, 0.15) is 57.2 Å². The highest BCUT2D eigenvalue weighted by atomic mass is 28.3. The number of nitrogens with one attached hydrogen (secondary N) is 1. The number of aromatic amines is 1. The lowest BCUT2D eigenvalue weighted by Gasteiger charge is -2.48. The molecule has 3 heterocycles. The third-order valence-electron chi connectivity index (χ3n) is 7.01. The van der Waals surface area contributed by atoms with E-state index in [4.69, 9.17) is 4.65 Å². The van der Waals surface area contributed by atoms with Gasteiger partial charge in [-0.05, 0) is 23.8 Å². The van der Waals surface area contributed by atoms with Crippen molar-refractivity contribution in [3.8, 4) is 0 Å². The van der Waals surface area contributed by atoms with Crippen molar-refractivity contribution in [3.05, 3.63) is 36.7 Å². The van der Waals surface area contributed by atoms with Gasteiger partial charge in [0.05, 0.1) is 14.2 Å². The molecule has 0 aromatic carbocycles. The zero-order valence-corrected chi connectivity index (χ0v) is 17.0. The summed E-state index contributed by atoms with van der Waals surface area (Å²) in [5.74, 6) is 1.54. The summed E-state index contributed by atoms with van der Waals surface area (Å²) in [4.78, 5) is 3.45. The molecule has 3 rings (SSSR count). The van der Waals surface area contributed by atoms with E-state index in [2.05, 4.69) is 56.3 Å². The van der Waals surface area contributed by atoms with E-state index in [0.717, 1.165) is 11.6 Å². The fraction of sp³-hybridized carbons (Fsp3) is 0.700. The van der Waals surface area contributed by atoms with Crippen LogP contribution in [-0.4, -0.2) is 20.0 Å². The minimum atomic E-state index is -1.51. The number of hydrogen-bond donors (Lipinski definition) is 1. The normalized spacial score (nSPS) is 28.2. The van der Waals surface area contributed by atoms with Crippen molar-refractivity contribution in [1.82, 2.24) is 4.98 Å². The van der Waals surface area contributed by atoms with Crippen LogP contribution in [0, 0.1) is 0 Å². The second-order valence-corrected chi connectivity index (χ2v) is 14.8. The summed E-state index contributed by atoms with van der Waals surface area (Å²) >= 11 is 0. The van der Waals surface area contributed by atoms with Gasteiger partial charge in [-0.2, -0.15) is 0 Å². The summed E-state index contributed by atoms with van der Waals surface area (Å²) in [7, 11) is -1.51. The highest BCUT2D eigenvalue weighted by Crippen LogP contribution is 2.55. The topological polar surface area (TPSA) is 25.0 Å². The fourth-order valence-corrected chi connectivity index (χ4v) is 6.47. The second-order valence-electron chi connectivity index (χ2n) is 9.22. The first-order chi connectivity index (χ1) is 11.4. The molecule has 0 amide bonds. The van der Waals surface area contributed by atoms with E-state index in [9.17, 15) is 0 Å². The Morgan fingerprint density at radius 2 is 1.83 bits per heavy atom. The van der Waals surface area contributed by atoms with Gasteiger partial charge in [0.15, 0.2) is 0 Å². The molecule has 0 spiro atoms. The molecule has 2 saturated heterocycles. The molecule has 2 fully saturated rings. The van der Waals surface area contributed by atoms with Gasteiger partial charge in [0.2, 0.25) is 0 Å². The molecule has 2 unspecified atom stereocenters. The first-order valence-corrected chi connectivity index (χ1v) is 13.3. The van der Waals surface area contributed by atoms with E-state index in [1.165, 1.54) is 44.2 Å². The van der Waals surface area contributed by atoms with Gasteiger partial charge in [0.1, 0.15) is 0 Å². The molecule has 0 aliphatic carbocycles. The van der Waals surface area contributed by atoms with Crippen molar-refractivity contribution < 1.29 is 4.65 Å². The minimum absolute atomic E-state index is 0.0175. The standard InChI is InChI=1S/C20H34BNOSi/c1-6-20(2,24(3,4)5)19(18-14-9-15-22-18)23-21-16-10-7-11-17(21)13-8-12-16/h6,9,14-17,19,22H,1,7-8,10-13H2,2-5H3. The van der Waals surface area contributed by atoms with Crippen LogP contribution in [0.15, 0.2) is 31.0 Å². The molecular weight excluding hydrogens is 309 g/mol. The maximum Gasteiger partial charge on any atom is 0.300 e. The predicted octanol–water partition coefficient (Wildman–Crippen LogP) is 6.46. The summed E-state index contributed by atoms with van der Waals surface area (Å²) in [6.07, 6.45) is 12.5. The summed E-state index contributed by atoms with van der Waals surface area (Å²) in [6, 6.07) is 4.30. The Hall–Kier alpha value is -0.738. The number of aromatic nitrogens is 1. The monoisotopic (exact) mass is 343 g/mol. The van der Waals surface area contributed by atoms with Crippen LogP contribution in [0.4, 0.5) is 0 Å². The molecule has 1 aromatic heterocycles. The van der Waals surface area contributed by atoms with Gasteiger partial charge in [0.25, 0.3) is 6.92 Å². The second kappa shape index (κ2) is 6.87. The van der Waals surface area contributed by atoms with Crippen molar-refractivity contribution in [3.63, 3.8) is 0 Å². The minimum Gasteiger partial charge on any atom is -0.427 e. The quantitative estimate of drug-likeness (QED) is 0.465. The number of rotatable bonds is 6. The average Bonchev–Trinajstić information content (AvgIpc) is 3.04. The molecular formula is C20H34BNOSi. The van der Waals surface area contributed by atoms with Gasteiger partial charge in [-0.25, -0.2) is 0 Å². The summed E-state index contributed by atoms with van der Waals surface area (Å²) in [5, 5.41) is 0.0175. The molecule has 2 aliphatic rings. The van der Waals surface area contributed by atoms with E-state index in [1.807, 2.05) is 6.20 Å². The van der Waals surface area contributed by atoms with Gasteiger partial charge in [-0.1, -0.05) is 71.2 Å². The van der Waals surface area contributed by atoms with E-state index >= 15 is 0 Å². The molecule has 24 heavy (non-hydrogen) atoms. The van der Waals surface area contributed by atoms with E-state index < -0.39 is 8.07 Å². The third kappa shape index (κ3) is 3.20. The number of H-pyrrole nitrogens is 1. The SMILES string of the molecule is C=CC(C)(C(OB1C2CCCC1CCC2)c1ccc[nH]1)[Si](C)(C)C. The van der Waals surface area contributed by atoms with E-state index in [1.54, 1.807) is 0 Å². The van der Waals surface area contributed by atoms with Crippen molar-refractivity contribution >= 4 is 15.0 Å². The average molecular weight is 343 g/mol. The third-order valence-corrected chi connectivity index (χ3v) is 10.7. The predicted molar refractivity (Wildman–Crippen MR) is 107 cm³/mol. The maximum atomic E-state index is 7.02. The van der Waals surface area contributed by atoms with Crippen LogP contribution in [0.5, 0.6) is 0 Å². The Kier molecular flexibility index (Phi) is 5.17. The van der Waals surface area contributed by atoms with Crippen LogP contribution < -0.4 is 0 Å². The molecule has 1 N–H and O–H groups in total. The largest absolute Gasteiger partial charge is 0.427 e. The Morgan fingerprint density at radius 1 is 1.25 bits per heavy atom. The maximum absolute atomic E-state index is 7.02. The molecule has 2 aliphatic heterocycles. The van der Waals surface area contributed by atoms with Crippen molar-refractivity contribution in [2.45, 2.75) is 87.9 Å². The number of hydrogen-bond acceptors (Lipinski definition) is 1. The lowest BCUT2D eigenvalue weighted by Crippen LogP contribution is -2.46. The smallest absolute Gasteiger partial charge is 0.300 e. The molecule has 2 bridgehead atoms. The van der Waals surface area contributed by atoms with Crippen LogP contribution in [0.2, 0.25) is 36.3 Å². The molecule has 132 valence electrons. The molecule has 2 atom stereocenters. The fourth-order valence-electron chi connectivity index (χ4n) is 4.85. The Bertz CT molecular complexity index is 530. The molecule has 4 heteroatoms. The van der Waals surface area contributed by atoms with Gasteiger partial charge in [-0.15, -0.1) is 6.58 Å². The summed E-state index contributed by atoms with van der Waals surface area (Å²) in [6.45, 7) is 14.4. The molecule has 1 aromatic rings. The molecule has 0 radical (unpaired) electrons. The molecule has 2 nitrogen and oxygen atoms in total. The van der Waals surface area contributed by atoms with E-state index in [0.29, 0.717) is 6.92 Å². The Morgan fingerprint density at radius 3 is 2.25 bits per heavy atom. The van der Waals surface area contributed by atoms with Crippen molar-refractivity contribution in [1.29, 1.82) is 0 Å². The molecule has 0 saturated carbocycles. The zero-order chi connectivity index (χ0) is 17.4. The summed E-state index contributed by atoms with van der Waals surface area (Å²) in [5.41, 5.74) is 1.23. The summed E-state index contributed by atoms with van der Waals surface area (Å²) < 4.78 is 7.02. The van der Waals surface area contributed by atoms with Crippen LogP contribution in [-0.2, 0) is 4.65 Å². The van der Waals surface area contributed by atoms with Gasteiger partial charge in [0, 0.05) is 16.9 Å². The Balaban J connectivity index is 1.93. The first-order valence-electron chi connectivity index (χ1n) is 9.79. The van der Waals surface area contributed by atoms with Gasteiger partial charge in [-0.3, -0.25) is 0 Å². The lowest BCUT2D eigenvalue weighted by atomic mass is 9.38. The number of fused-ring (bicyclic) bond motifs is 2. The van der Waals surface area contributed by atoms with Gasteiger partial charge >= 0.3 is 0 Å². The Labute approximate surface area is 149 Å². The van der Waals surface area contributed by atoms with Crippen LogP contribution in [0.3, 0.4) is 0 Å². The highest BCUT2D eigenvalue weighted by Gasteiger charge is 2.49. The van der Waals surface area contributed by atoms with E-state index in [-0.39, 0.29) is 11.1 Å². The lowest BCUT2D eigenvalue weighted by molar-refractivity contribution is 0.145. The first kappa shape index (κ1) is 18.1. The van der Waals surface area contributed by atoms with Crippen LogP contribution >= 0.6 is 0 Å². The van der Waals surface area contributed by atoms with Crippen molar-refractivity contribution in [2.75, 3.05) is 0 Å².